The van der Waals surface area contributed by atoms with Gasteiger partial charge in [-0.25, -0.2) is 4.79 Å². The lowest BCUT2D eigenvalue weighted by Gasteiger charge is -2.18. The molecule has 0 aromatic heterocycles. The first kappa shape index (κ1) is 20.6. The Kier molecular flexibility index (Phi) is 8.39. The van der Waals surface area contributed by atoms with Crippen LogP contribution in [0.2, 0.25) is 0 Å². The first-order valence-corrected chi connectivity index (χ1v) is 8.88. The number of ketones is 1. The number of nitrogens with one attached hydrogen (secondary N) is 1. The van der Waals surface area contributed by atoms with E-state index in [9.17, 15) is 14.4 Å². The molecule has 6 nitrogen and oxygen atoms in total. The Balaban J connectivity index is 2.52. The summed E-state index contributed by atoms with van der Waals surface area (Å²) in [7, 11) is 0. The molecule has 0 aromatic rings. The van der Waals surface area contributed by atoms with E-state index in [-0.39, 0.29) is 30.6 Å². The van der Waals surface area contributed by atoms with Gasteiger partial charge in [-0.2, -0.15) is 0 Å². The number of carbonyl (C=O) groups is 3. The molecule has 0 radical (unpaired) electrons. The van der Waals surface area contributed by atoms with Gasteiger partial charge in [0.15, 0.2) is 18.0 Å². The van der Waals surface area contributed by atoms with Crippen LogP contribution in [0.1, 0.15) is 53.9 Å². The summed E-state index contributed by atoms with van der Waals surface area (Å²) in [6.07, 6.45) is 0.107. The summed E-state index contributed by atoms with van der Waals surface area (Å²) >= 11 is 0. The molecule has 3 atom stereocenters. The molecule has 0 aromatic carbocycles. The molecule has 1 amide bonds. The van der Waals surface area contributed by atoms with Gasteiger partial charge in [-0.1, -0.05) is 27.7 Å². The van der Waals surface area contributed by atoms with Crippen LogP contribution in [0.4, 0.5) is 0 Å². The molecule has 1 fully saturated rings. The molecule has 1 aliphatic rings. The van der Waals surface area contributed by atoms with Gasteiger partial charge >= 0.3 is 5.97 Å². The second-order valence-corrected chi connectivity index (χ2v) is 7.20. The topological polar surface area (TPSA) is 85.0 Å². The summed E-state index contributed by atoms with van der Waals surface area (Å²) in [5.74, 6) is -0.349. The van der Waals surface area contributed by atoms with Gasteiger partial charge in [0.2, 0.25) is 5.91 Å². The third-order valence-corrected chi connectivity index (χ3v) is 3.92. The van der Waals surface area contributed by atoms with Gasteiger partial charge in [-0.15, -0.1) is 0 Å². The highest BCUT2D eigenvalue weighted by molar-refractivity contribution is 5.96. The van der Waals surface area contributed by atoms with Crippen molar-refractivity contribution in [2.24, 2.45) is 17.8 Å². The summed E-state index contributed by atoms with van der Waals surface area (Å²) in [5, 5.41) is 2.91. The van der Waals surface area contributed by atoms with Gasteiger partial charge in [0, 0.05) is 18.9 Å². The fourth-order valence-electron chi connectivity index (χ4n) is 2.60. The van der Waals surface area contributed by atoms with Crippen molar-refractivity contribution in [3.8, 4) is 0 Å². The molecule has 0 spiro atoms. The molecule has 0 aliphatic carbocycles. The first-order valence-electron chi connectivity index (χ1n) is 8.88. The van der Waals surface area contributed by atoms with Crippen LogP contribution in [0.15, 0.2) is 0 Å². The summed E-state index contributed by atoms with van der Waals surface area (Å²) in [4.78, 5) is 36.2. The molecule has 1 heterocycles. The Hall–Kier alpha value is -1.43. The first-order chi connectivity index (χ1) is 11.3. The normalized spacial score (nSPS) is 20.8. The maximum atomic E-state index is 12.4. The van der Waals surface area contributed by atoms with Gasteiger partial charge in [0.1, 0.15) is 0 Å². The van der Waals surface area contributed by atoms with Gasteiger partial charge in [0.05, 0.1) is 6.61 Å². The smallest absolute Gasteiger partial charge is 0.338 e. The fraction of sp³-hybridized carbons (Fsp3) is 0.833. The quantitative estimate of drug-likeness (QED) is 0.459. The predicted octanol–water partition coefficient (Wildman–Crippen LogP) is 2.10. The van der Waals surface area contributed by atoms with E-state index in [1.807, 2.05) is 13.8 Å². The summed E-state index contributed by atoms with van der Waals surface area (Å²) < 4.78 is 9.98. The minimum Gasteiger partial charge on any atom is -0.464 e. The number of hydrogen-bond acceptors (Lipinski definition) is 5. The van der Waals surface area contributed by atoms with Crippen LogP contribution < -0.4 is 5.32 Å². The third-order valence-electron chi connectivity index (χ3n) is 3.92. The minimum atomic E-state index is -0.791. The van der Waals surface area contributed by atoms with E-state index in [1.165, 1.54) is 0 Å². The molecule has 0 unspecified atom stereocenters. The molecule has 1 rings (SSSR count). The second kappa shape index (κ2) is 9.77. The van der Waals surface area contributed by atoms with E-state index in [4.69, 9.17) is 9.47 Å². The van der Waals surface area contributed by atoms with E-state index in [2.05, 4.69) is 19.2 Å². The summed E-state index contributed by atoms with van der Waals surface area (Å²) in [6, 6.07) is 0. The second-order valence-electron chi connectivity index (χ2n) is 7.20. The van der Waals surface area contributed by atoms with Crippen molar-refractivity contribution in [2.45, 2.75) is 66.1 Å². The van der Waals surface area contributed by atoms with Crippen LogP contribution in [-0.2, 0) is 23.9 Å². The minimum absolute atomic E-state index is 0.0916. The largest absolute Gasteiger partial charge is 0.464 e. The SMILES string of the molecule is CCOC(=O)[C@H]1O[C@@H]1C(=O)C[C@@H](CC(C)C)C(=O)NCCC(C)C. The van der Waals surface area contributed by atoms with Crippen LogP contribution in [-0.4, -0.2) is 43.0 Å². The molecule has 6 heteroatoms. The predicted molar refractivity (Wildman–Crippen MR) is 90.3 cm³/mol. The van der Waals surface area contributed by atoms with Crippen LogP contribution in [0.25, 0.3) is 0 Å². The maximum Gasteiger partial charge on any atom is 0.338 e. The average molecular weight is 341 g/mol. The Morgan fingerprint density at radius 2 is 1.75 bits per heavy atom. The lowest BCUT2D eigenvalue weighted by atomic mass is 9.90. The van der Waals surface area contributed by atoms with Crippen molar-refractivity contribution in [1.82, 2.24) is 5.32 Å². The Bertz CT molecular complexity index is 447. The molecule has 1 N–H and O–H groups in total. The van der Waals surface area contributed by atoms with Crippen molar-refractivity contribution in [3.05, 3.63) is 0 Å². The van der Waals surface area contributed by atoms with Crippen LogP contribution in [0.5, 0.6) is 0 Å². The molecule has 0 saturated carbocycles. The maximum absolute atomic E-state index is 12.4. The van der Waals surface area contributed by atoms with E-state index in [1.54, 1.807) is 6.92 Å². The zero-order valence-corrected chi connectivity index (χ0v) is 15.5. The Labute approximate surface area is 144 Å². The van der Waals surface area contributed by atoms with Crippen molar-refractivity contribution in [3.63, 3.8) is 0 Å². The summed E-state index contributed by atoms with van der Waals surface area (Å²) in [6.45, 7) is 10.8. The molecule has 1 saturated heterocycles. The van der Waals surface area contributed by atoms with Gasteiger partial charge < -0.3 is 14.8 Å². The summed E-state index contributed by atoms with van der Waals surface area (Å²) in [5.41, 5.74) is 0. The highest BCUT2D eigenvalue weighted by Gasteiger charge is 2.51. The number of epoxide rings is 1. The number of esters is 1. The standard InChI is InChI=1S/C18H31NO5/c1-6-23-18(22)16-15(24-16)14(20)10-13(9-12(4)5)17(21)19-8-7-11(2)3/h11-13,15-16H,6-10H2,1-5H3,(H,19,21)/t13-,15-,16+/m1/s1. The number of hydrogen-bond donors (Lipinski definition) is 1. The highest BCUT2D eigenvalue weighted by Crippen LogP contribution is 2.28. The zero-order chi connectivity index (χ0) is 18.3. The molecule has 1 aliphatic heterocycles. The van der Waals surface area contributed by atoms with E-state index >= 15 is 0 Å². The van der Waals surface area contributed by atoms with E-state index in [0.29, 0.717) is 24.8 Å². The lowest BCUT2D eigenvalue weighted by Crippen LogP contribution is -2.35. The fourth-order valence-corrected chi connectivity index (χ4v) is 2.60. The molecular formula is C18H31NO5. The lowest BCUT2D eigenvalue weighted by molar-refractivity contribution is -0.144. The van der Waals surface area contributed by atoms with E-state index < -0.39 is 18.2 Å². The van der Waals surface area contributed by atoms with Gasteiger partial charge in [-0.05, 0) is 31.6 Å². The highest BCUT2D eigenvalue weighted by atomic mass is 16.6. The van der Waals surface area contributed by atoms with Crippen LogP contribution in [0, 0.1) is 17.8 Å². The van der Waals surface area contributed by atoms with Crippen molar-refractivity contribution >= 4 is 17.7 Å². The zero-order valence-electron chi connectivity index (χ0n) is 15.5. The Morgan fingerprint density at radius 1 is 1.08 bits per heavy atom. The number of amides is 1. The molecular weight excluding hydrogens is 310 g/mol. The monoisotopic (exact) mass is 341 g/mol. The van der Waals surface area contributed by atoms with Crippen LogP contribution >= 0.6 is 0 Å². The number of ether oxygens (including phenoxy) is 2. The average Bonchev–Trinajstić information content (AvgIpc) is 3.26. The molecule has 24 heavy (non-hydrogen) atoms. The number of rotatable bonds is 11. The molecule has 138 valence electrons. The number of Topliss-reactive ketones (excluding diaryl/α,β-unsaturated/α-hetero) is 1. The van der Waals surface area contributed by atoms with Crippen molar-refractivity contribution in [2.75, 3.05) is 13.2 Å². The van der Waals surface area contributed by atoms with Crippen molar-refractivity contribution < 1.29 is 23.9 Å². The van der Waals surface area contributed by atoms with Crippen LogP contribution in [0.3, 0.4) is 0 Å². The number of carbonyl (C=O) groups excluding carboxylic acids is 3. The third kappa shape index (κ3) is 6.99. The van der Waals surface area contributed by atoms with Gasteiger partial charge in [-0.3, -0.25) is 9.59 Å². The van der Waals surface area contributed by atoms with E-state index in [0.717, 1.165) is 6.42 Å². The van der Waals surface area contributed by atoms with Crippen molar-refractivity contribution in [1.29, 1.82) is 0 Å². The Morgan fingerprint density at radius 3 is 2.29 bits per heavy atom. The van der Waals surface area contributed by atoms with Gasteiger partial charge in [0.25, 0.3) is 0 Å². The molecule has 0 bridgehead atoms.